The highest BCUT2D eigenvalue weighted by atomic mass is 32.1. The van der Waals surface area contributed by atoms with Crippen LogP contribution in [0.2, 0.25) is 0 Å². The van der Waals surface area contributed by atoms with Crippen LogP contribution in [0.1, 0.15) is 5.56 Å². The van der Waals surface area contributed by atoms with Crippen LogP contribution in [0.4, 0.5) is 0 Å². The Hall–Kier alpha value is -2.44. The van der Waals surface area contributed by atoms with Crippen molar-refractivity contribution in [1.29, 1.82) is 5.26 Å². The van der Waals surface area contributed by atoms with Gasteiger partial charge in [0.2, 0.25) is 5.43 Å². The fourth-order valence-electron chi connectivity index (χ4n) is 2.04. The second-order valence-electron chi connectivity index (χ2n) is 4.11. The number of nitrogens with zero attached hydrogens (tertiary/aromatic N) is 1. The average Bonchev–Trinajstić information content (AvgIpc) is 2.48. The van der Waals surface area contributed by atoms with Gasteiger partial charge in [0.1, 0.15) is 11.6 Å². The molecule has 19 heavy (non-hydrogen) atoms. The van der Waals surface area contributed by atoms with E-state index >= 15 is 0 Å². The van der Waals surface area contributed by atoms with Crippen LogP contribution >= 0.6 is 11.3 Å². The lowest BCUT2D eigenvalue weighted by Gasteiger charge is -2.05. The first kappa shape index (κ1) is 11.6. The summed E-state index contributed by atoms with van der Waals surface area (Å²) in [6, 6.07) is 19.0. The largest absolute Gasteiger partial charge is 0.288 e. The van der Waals surface area contributed by atoms with E-state index in [2.05, 4.69) is 6.07 Å². The van der Waals surface area contributed by atoms with Crippen LogP contribution in [0.15, 0.2) is 59.4 Å². The molecule has 0 atom stereocenters. The smallest absolute Gasteiger partial charge is 0.206 e. The zero-order valence-electron chi connectivity index (χ0n) is 9.96. The van der Waals surface area contributed by atoms with Crippen LogP contribution in [0.5, 0.6) is 0 Å². The highest BCUT2D eigenvalue weighted by Crippen LogP contribution is 2.30. The van der Waals surface area contributed by atoms with Crippen molar-refractivity contribution in [2.45, 2.75) is 0 Å². The van der Waals surface area contributed by atoms with Crippen molar-refractivity contribution in [2.24, 2.45) is 0 Å². The maximum Gasteiger partial charge on any atom is 0.206 e. The van der Waals surface area contributed by atoms with E-state index in [9.17, 15) is 10.1 Å². The molecule has 0 amide bonds. The van der Waals surface area contributed by atoms with Crippen molar-refractivity contribution in [2.75, 3.05) is 0 Å². The Bertz CT molecular complexity index is 844. The van der Waals surface area contributed by atoms with E-state index in [0.29, 0.717) is 5.39 Å². The quantitative estimate of drug-likeness (QED) is 0.670. The highest BCUT2D eigenvalue weighted by Gasteiger charge is 2.13. The average molecular weight is 263 g/mol. The summed E-state index contributed by atoms with van der Waals surface area (Å²) in [5, 5.41) is 9.89. The normalized spacial score (nSPS) is 10.3. The van der Waals surface area contributed by atoms with E-state index in [4.69, 9.17) is 0 Å². The molecule has 0 aliphatic heterocycles. The summed E-state index contributed by atoms with van der Waals surface area (Å²) in [4.78, 5) is 13.1. The first-order chi connectivity index (χ1) is 9.31. The first-order valence-electron chi connectivity index (χ1n) is 5.82. The summed E-state index contributed by atoms with van der Waals surface area (Å²) in [5.41, 5.74) is 0.956. The fourth-order valence-corrected chi connectivity index (χ4v) is 3.17. The van der Waals surface area contributed by atoms with Gasteiger partial charge in [0, 0.05) is 10.1 Å². The Morgan fingerprint density at radius 3 is 2.37 bits per heavy atom. The van der Waals surface area contributed by atoms with Crippen LogP contribution in [0.25, 0.3) is 20.5 Å². The summed E-state index contributed by atoms with van der Waals surface area (Å²) in [5.74, 6) is 0. The van der Waals surface area contributed by atoms with Crippen LogP contribution in [-0.2, 0) is 0 Å². The Labute approximate surface area is 114 Å². The van der Waals surface area contributed by atoms with E-state index in [0.717, 1.165) is 15.1 Å². The molecule has 3 rings (SSSR count). The van der Waals surface area contributed by atoms with E-state index in [1.54, 1.807) is 6.07 Å². The van der Waals surface area contributed by atoms with Gasteiger partial charge in [-0.25, -0.2) is 0 Å². The van der Waals surface area contributed by atoms with E-state index in [-0.39, 0.29) is 11.0 Å². The van der Waals surface area contributed by atoms with E-state index in [1.165, 1.54) is 11.3 Å². The molecule has 0 unspecified atom stereocenters. The topological polar surface area (TPSA) is 40.9 Å². The molecule has 0 aliphatic rings. The van der Waals surface area contributed by atoms with Gasteiger partial charge in [0.05, 0.1) is 4.88 Å². The monoisotopic (exact) mass is 263 g/mol. The zero-order valence-corrected chi connectivity index (χ0v) is 10.8. The van der Waals surface area contributed by atoms with Crippen LogP contribution in [0.3, 0.4) is 0 Å². The number of benzene rings is 2. The van der Waals surface area contributed by atoms with Crippen molar-refractivity contribution in [3.8, 4) is 16.5 Å². The Morgan fingerprint density at radius 2 is 1.63 bits per heavy atom. The minimum Gasteiger partial charge on any atom is -0.288 e. The van der Waals surface area contributed by atoms with Gasteiger partial charge in [-0.1, -0.05) is 42.5 Å². The number of hydrogen-bond donors (Lipinski definition) is 0. The van der Waals surface area contributed by atoms with Gasteiger partial charge >= 0.3 is 0 Å². The summed E-state index contributed by atoms with van der Waals surface area (Å²) < 4.78 is 0.908. The molecule has 90 valence electrons. The predicted octanol–water partition coefficient (Wildman–Crippen LogP) is 3.80. The van der Waals surface area contributed by atoms with Gasteiger partial charge < -0.3 is 0 Å². The third-order valence-corrected chi connectivity index (χ3v) is 4.17. The Balaban J connectivity index is 2.44. The molecule has 0 bridgehead atoms. The fraction of sp³-hybridized carbons (Fsp3) is 0. The SMILES string of the molecule is N#Cc1c(-c2ccccc2)sc2ccccc2c1=O. The number of nitriles is 1. The molecule has 0 saturated carbocycles. The molecule has 2 aromatic carbocycles. The second kappa shape index (κ2) is 4.68. The van der Waals surface area contributed by atoms with Gasteiger partial charge in [-0.3, -0.25) is 4.79 Å². The number of fused-ring (bicyclic) bond motifs is 1. The van der Waals surface area contributed by atoms with Gasteiger partial charge in [0.25, 0.3) is 0 Å². The van der Waals surface area contributed by atoms with Gasteiger partial charge in [-0.2, -0.15) is 5.26 Å². The van der Waals surface area contributed by atoms with Crippen molar-refractivity contribution >= 4 is 21.4 Å². The Kier molecular flexibility index (Phi) is 2.86. The lowest BCUT2D eigenvalue weighted by atomic mass is 10.1. The molecule has 3 heteroatoms. The molecule has 0 N–H and O–H groups in total. The summed E-state index contributed by atoms with van der Waals surface area (Å²) in [7, 11) is 0. The molecule has 3 aromatic rings. The lowest BCUT2D eigenvalue weighted by Crippen LogP contribution is -2.06. The molecule has 1 heterocycles. The Morgan fingerprint density at radius 1 is 0.947 bits per heavy atom. The maximum absolute atomic E-state index is 12.3. The standard InChI is InChI=1S/C16H9NOS/c17-10-13-15(18)12-8-4-5-9-14(12)19-16(13)11-6-2-1-3-7-11/h1-9H. The molecule has 1 aromatic heterocycles. The summed E-state index contributed by atoms with van der Waals surface area (Å²) in [6.45, 7) is 0. The molecular weight excluding hydrogens is 254 g/mol. The summed E-state index contributed by atoms with van der Waals surface area (Å²) >= 11 is 1.48. The van der Waals surface area contributed by atoms with E-state index in [1.807, 2.05) is 48.5 Å². The molecule has 0 spiro atoms. The number of rotatable bonds is 1. The van der Waals surface area contributed by atoms with Crippen molar-refractivity contribution in [3.05, 3.63) is 70.4 Å². The van der Waals surface area contributed by atoms with Crippen molar-refractivity contribution in [1.82, 2.24) is 0 Å². The minimum atomic E-state index is -0.185. The van der Waals surface area contributed by atoms with E-state index < -0.39 is 0 Å². The van der Waals surface area contributed by atoms with Crippen LogP contribution < -0.4 is 5.43 Å². The summed E-state index contributed by atoms with van der Waals surface area (Å²) in [6.07, 6.45) is 0. The molecule has 2 nitrogen and oxygen atoms in total. The third kappa shape index (κ3) is 1.92. The molecular formula is C16H9NOS. The van der Waals surface area contributed by atoms with Crippen molar-refractivity contribution < 1.29 is 0 Å². The van der Waals surface area contributed by atoms with Gasteiger partial charge in [0.15, 0.2) is 0 Å². The minimum absolute atomic E-state index is 0.185. The second-order valence-corrected chi connectivity index (χ2v) is 5.16. The molecule has 0 aliphatic carbocycles. The highest BCUT2D eigenvalue weighted by molar-refractivity contribution is 7.21. The lowest BCUT2D eigenvalue weighted by molar-refractivity contribution is 1.48. The van der Waals surface area contributed by atoms with Gasteiger partial charge in [-0.15, -0.1) is 11.3 Å². The van der Waals surface area contributed by atoms with Gasteiger partial charge in [-0.05, 0) is 17.7 Å². The molecule has 0 saturated heterocycles. The van der Waals surface area contributed by atoms with Crippen molar-refractivity contribution in [3.63, 3.8) is 0 Å². The zero-order chi connectivity index (χ0) is 13.2. The number of hydrogen-bond acceptors (Lipinski definition) is 3. The first-order valence-corrected chi connectivity index (χ1v) is 6.64. The maximum atomic E-state index is 12.3. The molecule has 0 radical (unpaired) electrons. The molecule has 0 fully saturated rings. The predicted molar refractivity (Wildman–Crippen MR) is 78.2 cm³/mol. The van der Waals surface area contributed by atoms with Crippen LogP contribution in [-0.4, -0.2) is 0 Å². The third-order valence-electron chi connectivity index (χ3n) is 2.95. The van der Waals surface area contributed by atoms with Crippen LogP contribution in [0, 0.1) is 11.3 Å².